The zero-order valence-corrected chi connectivity index (χ0v) is 21.0. The molecule has 10 nitrogen and oxygen atoms in total. The highest BCUT2D eigenvalue weighted by Crippen LogP contribution is 2.36. The third-order valence-electron chi connectivity index (χ3n) is 5.97. The molecule has 36 heavy (non-hydrogen) atoms. The molecule has 5 N–H and O–H groups in total. The lowest BCUT2D eigenvalue weighted by molar-refractivity contribution is 0.0740. The first-order valence-corrected chi connectivity index (χ1v) is 12.2. The number of hydrogen-bond acceptors (Lipinski definition) is 7. The van der Waals surface area contributed by atoms with Gasteiger partial charge in [-0.15, -0.1) is 5.10 Å². The fraction of sp³-hybridized carbons (Fsp3) is 0.348. The molecule has 0 bridgehead atoms. The Balaban J connectivity index is 2.22. The average Bonchev–Trinajstić information content (AvgIpc) is 3.19. The summed E-state index contributed by atoms with van der Waals surface area (Å²) < 4.78 is 63.8. The monoisotopic (exact) mass is 524 g/mol. The van der Waals surface area contributed by atoms with Crippen LogP contribution in [0.5, 0.6) is 0 Å². The third kappa shape index (κ3) is 5.22. The topological polar surface area (TPSA) is 168 Å². The van der Waals surface area contributed by atoms with Gasteiger partial charge in [0, 0.05) is 11.5 Å². The number of aliphatic hydroxyl groups is 1. The number of benzene rings is 2. The molecule has 1 aromatic heterocycles. The molecule has 0 spiro atoms. The van der Waals surface area contributed by atoms with Crippen molar-refractivity contribution in [3.8, 4) is 0 Å². The molecule has 0 aliphatic heterocycles. The molecule has 0 aliphatic carbocycles. The highest BCUT2D eigenvalue weighted by molar-refractivity contribution is 7.89. The van der Waals surface area contributed by atoms with Gasteiger partial charge in [-0.05, 0) is 62.6 Å². The van der Waals surface area contributed by atoms with Crippen LogP contribution in [-0.2, 0) is 15.6 Å². The molecular formula is C23H26F2N4O6S. The number of halogens is 2. The van der Waals surface area contributed by atoms with Gasteiger partial charge in [0.05, 0.1) is 16.1 Å². The van der Waals surface area contributed by atoms with Gasteiger partial charge >= 0.3 is 5.76 Å². The zero-order chi connectivity index (χ0) is 27.2. The molecule has 0 fully saturated rings. The number of nitrogens with one attached hydrogen (secondary N) is 2. The summed E-state index contributed by atoms with van der Waals surface area (Å²) in [6, 6.07) is 2.74. The standard InChI is InChI=1S/C23H26F2N4O6S/c1-10-6-7-15(24)18(11(10)2)12(3)19(21-27-28-22(31)35-21)29-36(33,34)17-9-14(23(4,5)32)16(25)8-13(17)20(26)30/h6-9,12,19,29,32H,1-5H3,(H2,26,30)(H,28,31). The van der Waals surface area contributed by atoms with Crippen LogP contribution in [0.15, 0.2) is 38.4 Å². The molecule has 2 unspecified atom stereocenters. The highest BCUT2D eigenvalue weighted by atomic mass is 32.2. The number of nitrogens with zero attached hydrogens (tertiary/aromatic N) is 1. The normalized spacial score (nSPS) is 14.0. The Bertz CT molecular complexity index is 1490. The number of sulfonamides is 1. The quantitative estimate of drug-likeness (QED) is 0.351. The van der Waals surface area contributed by atoms with Crippen LogP contribution in [0.1, 0.15) is 71.2 Å². The molecule has 3 aromatic rings. The molecule has 0 radical (unpaired) electrons. The maximum Gasteiger partial charge on any atom is 0.434 e. The van der Waals surface area contributed by atoms with Crippen LogP contribution in [0.4, 0.5) is 8.78 Å². The minimum absolute atomic E-state index is 0.139. The van der Waals surface area contributed by atoms with Gasteiger partial charge in [0.25, 0.3) is 0 Å². The van der Waals surface area contributed by atoms with E-state index in [4.69, 9.17) is 10.2 Å². The van der Waals surface area contributed by atoms with Crippen molar-refractivity contribution in [1.29, 1.82) is 0 Å². The Kier molecular flexibility index (Phi) is 7.22. The van der Waals surface area contributed by atoms with E-state index >= 15 is 0 Å². The van der Waals surface area contributed by atoms with Crippen LogP contribution in [0, 0.1) is 25.5 Å². The fourth-order valence-corrected chi connectivity index (χ4v) is 5.43. The van der Waals surface area contributed by atoms with E-state index in [2.05, 4.69) is 9.82 Å². The van der Waals surface area contributed by atoms with Crippen molar-refractivity contribution in [2.45, 2.75) is 57.1 Å². The van der Waals surface area contributed by atoms with Crippen molar-refractivity contribution < 1.29 is 31.5 Å². The predicted octanol–water partition coefficient (Wildman–Crippen LogP) is 2.41. The number of amides is 1. The van der Waals surface area contributed by atoms with E-state index in [1.165, 1.54) is 26.8 Å². The number of aryl methyl sites for hydroxylation is 1. The van der Waals surface area contributed by atoms with Crippen molar-refractivity contribution in [3.05, 3.63) is 80.2 Å². The summed E-state index contributed by atoms with van der Waals surface area (Å²) in [6.45, 7) is 7.35. The SMILES string of the molecule is Cc1ccc(F)c(C(C)C(NS(=O)(=O)c2cc(C(C)(C)O)c(F)cc2C(N)=O)c2n[nH]c(=O)o2)c1C. The van der Waals surface area contributed by atoms with E-state index in [1.807, 2.05) is 5.10 Å². The van der Waals surface area contributed by atoms with Crippen LogP contribution in [0.3, 0.4) is 0 Å². The lowest BCUT2D eigenvalue weighted by Gasteiger charge is -2.26. The van der Waals surface area contributed by atoms with Gasteiger partial charge in [0.2, 0.25) is 21.8 Å². The summed E-state index contributed by atoms with van der Waals surface area (Å²) in [4.78, 5) is 22.9. The molecule has 0 aliphatic rings. The number of aromatic amines is 1. The van der Waals surface area contributed by atoms with Crippen molar-refractivity contribution in [3.63, 3.8) is 0 Å². The number of H-pyrrole nitrogens is 1. The molecule has 2 atom stereocenters. The molecule has 1 heterocycles. The minimum Gasteiger partial charge on any atom is -0.391 e. The van der Waals surface area contributed by atoms with Gasteiger partial charge < -0.3 is 15.3 Å². The Morgan fingerprint density at radius 1 is 1.22 bits per heavy atom. The molecule has 2 aromatic carbocycles. The van der Waals surface area contributed by atoms with Gasteiger partial charge in [-0.1, -0.05) is 13.0 Å². The number of aromatic nitrogens is 2. The first-order valence-electron chi connectivity index (χ1n) is 10.7. The average molecular weight is 525 g/mol. The van der Waals surface area contributed by atoms with Crippen molar-refractivity contribution >= 4 is 15.9 Å². The molecule has 0 saturated heterocycles. The molecule has 0 saturated carbocycles. The zero-order valence-electron chi connectivity index (χ0n) is 20.1. The minimum atomic E-state index is -4.73. The number of rotatable bonds is 8. The summed E-state index contributed by atoms with van der Waals surface area (Å²) in [5, 5.41) is 16.0. The lowest BCUT2D eigenvalue weighted by Crippen LogP contribution is -2.34. The van der Waals surface area contributed by atoms with E-state index in [0.29, 0.717) is 11.6 Å². The smallest absolute Gasteiger partial charge is 0.391 e. The molecule has 3 rings (SSSR count). The van der Waals surface area contributed by atoms with E-state index in [9.17, 15) is 31.9 Å². The van der Waals surface area contributed by atoms with Crippen molar-refractivity contribution in [1.82, 2.24) is 14.9 Å². The van der Waals surface area contributed by atoms with E-state index in [0.717, 1.165) is 11.6 Å². The lowest BCUT2D eigenvalue weighted by atomic mass is 9.88. The van der Waals surface area contributed by atoms with Crippen LogP contribution in [-0.4, -0.2) is 29.6 Å². The summed E-state index contributed by atoms with van der Waals surface area (Å²) in [6.07, 6.45) is 0. The van der Waals surface area contributed by atoms with Crippen LogP contribution < -0.4 is 16.2 Å². The van der Waals surface area contributed by atoms with Gasteiger partial charge in [-0.2, -0.15) is 4.72 Å². The second-order valence-corrected chi connectivity index (χ2v) is 10.7. The molecule has 194 valence electrons. The van der Waals surface area contributed by atoms with E-state index in [1.54, 1.807) is 19.9 Å². The Morgan fingerprint density at radius 3 is 2.39 bits per heavy atom. The van der Waals surface area contributed by atoms with Crippen LogP contribution in [0.25, 0.3) is 0 Å². The molecule has 13 heteroatoms. The van der Waals surface area contributed by atoms with Crippen molar-refractivity contribution in [2.24, 2.45) is 5.73 Å². The number of hydrogen-bond donors (Lipinski definition) is 4. The first-order chi connectivity index (χ1) is 16.5. The number of carbonyl (C=O) groups is 1. The first kappa shape index (κ1) is 27.2. The number of carbonyl (C=O) groups excluding carboxylic acids is 1. The second kappa shape index (κ2) is 9.56. The van der Waals surface area contributed by atoms with Crippen molar-refractivity contribution in [2.75, 3.05) is 0 Å². The van der Waals surface area contributed by atoms with Gasteiger partial charge in [-0.3, -0.25) is 4.79 Å². The van der Waals surface area contributed by atoms with Gasteiger partial charge in [-0.25, -0.2) is 27.1 Å². The second-order valence-electron chi connectivity index (χ2n) is 8.99. The molecular weight excluding hydrogens is 498 g/mol. The largest absolute Gasteiger partial charge is 0.434 e. The Morgan fingerprint density at radius 2 is 1.86 bits per heavy atom. The van der Waals surface area contributed by atoms with Crippen LogP contribution >= 0.6 is 0 Å². The summed E-state index contributed by atoms with van der Waals surface area (Å²) in [7, 11) is -4.73. The van der Waals surface area contributed by atoms with E-state index in [-0.39, 0.29) is 5.56 Å². The third-order valence-corrected chi connectivity index (χ3v) is 7.46. The van der Waals surface area contributed by atoms with E-state index < -0.39 is 72.8 Å². The predicted molar refractivity (Wildman–Crippen MR) is 125 cm³/mol. The fourth-order valence-electron chi connectivity index (χ4n) is 3.94. The number of nitrogens with two attached hydrogens (primary N) is 1. The Labute approximate surface area is 205 Å². The summed E-state index contributed by atoms with van der Waals surface area (Å²) >= 11 is 0. The number of primary amides is 1. The van der Waals surface area contributed by atoms with Gasteiger partial charge in [0.15, 0.2) is 0 Å². The summed E-state index contributed by atoms with van der Waals surface area (Å²) in [5.41, 5.74) is 3.80. The maximum absolute atomic E-state index is 14.9. The highest BCUT2D eigenvalue weighted by Gasteiger charge is 2.36. The maximum atomic E-state index is 14.9. The van der Waals surface area contributed by atoms with Gasteiger partial charge in [0.1, 0.15) is 17.7 Å². The summed E-state index contributed by atoms with van der Waals surface area (Å²) in [5.74, 6) is -5.27. The Hall–Kier alpha value is -3.42. The van der Waals surface area contributed by atoms with Crippen LogP contribution in [0.2, 0.25) is 0 Å². The molecule has 1 amide bonds.